The van der Waals surface area contributed by atoms with Gasteiger partial charge in [-0.2, -0.15) is 0 Å². The van der Waals surface area contributed by atoms with Gasteiger partial charge in [0.15, 0.2) is 0 Å². The Hall–Kier alpha value is 0.614. The van der Waals surface area contributed by atoms with Crippen molar-refractivity contribution in [2.45, 2.75) is 93.5 Å². The van der Waals surface area contributed by atoms with E-state index in [9.17, 15) is 0 Å². The first-order valence-electron chi connectivity index (χ1n) is 10.7. The number of thioether (sulfide) groups is 2. The van der Waals surface area contributed by atoms with Crippen LogP contribution >= 0.6 is 23.5 Å². The predicted octanol–water partition coefficient (Wildman–Crippen LogP) is 7.86. The topological polar surface area (TPSA) is 0 Å². The Bertz CT molecular complexity index is 613. The number of fused-ring (bicyclic) bond motifs is 3. The largest absolute Gasteiger partial charge is 0.127 e. The van der Waals surface area contributed by atoms with Crippen LogP contribution in [0.15, 0.2) is 22.0 Å². The molecule has 4 aliphatic rings. The molecule has 0 N–H and O–H groups in total. The summed E-state index contributed by atoms with van der Waals surface area (Å²) < 4.78 is 0. The van der Waals surface area contributed by atoms with Gasteiger partial charge in [-0.05, 0) is 58.0 Å². The smallest absolute Gasteiger partial charge is 0.0561 e. The number of allylic oxidation sites excluding steroid dienone is 4. The molecule has 0 spiro atoms. The zero-order valence-electron chi connectivity index (χ0n) is 18.0. The van der Waals surface area contributed by atoms with Crippen molar-refractivity contribution < 1.29 is 0 Å². The minimum absolute atomic E-state index is 0.832. The van der Waals surface area contributed by atoms with Gasteiger partial charge in [0.1, 0.15) is 0 Å². The van der Waals surface area contributed by atoms with Crippen molar-refractivity contribution in [3.05, 3.63) is 22.0 Å². The fourth-order valence-electron chi connectivity index (χ4n) is 7.05. The van der Waals surface area contributed by atoms with Gasteiger partial charge in [-0.15, -0.1) is 23.5 Å². The highest BCUT2D eigenvalue weighted by molar-refractivity contribution is 8.05. The molecule has 0 amide bonds. The van der Waals surface area contributed by atoms with Crippen LogP contribution in [0.5, 0.6) is 0 Å². The highest BCUT2D eigenvalue weighted by atomic mass is 32.2. The summed E-state index contributed by atoms with van der Waals surface area (Å²) >= 11 is 4.51. The summed E-state index contributed by atoms with van der Waals surface area (Å²) in [6.45, 7) is 20.8. The molecule has 26 heavy (non-hydrogen) atoms. The Morgan fingerprint density at radius 3 is 1.77 bits per heavy atom. The highest BCUT2D eigenvalue weighted by Crippen LogP contribution is 2.67. The fourth-order valence-corrected chi connectivity index (χ4v) is 20.1. The number of hydrogen-bond acceptors (Lipinski definition) is 2. The number of hydrogen-bond donors (Lipinski definition) is 0. The minimum Gasteiger partial charge on any atom is -0.127 e. The molecule has 5 unspecified atom stereocenters. The highest BCUT2D eigenvalue weighted by Gasteiger charge is 2.61. The van der Waals surface area contributed by atoms with Gasteiger partial charge in [-0.3, -0.25) is 0 Å². The molecule has 2 saturated carbocycles. The van der Waals surface area contributed by atoms with Crippen LogP contribution in [-0.4, -0.2) is 26.6 Å². The third-order valence-corrected chi connectivity index (χ3v) is 19.6. The van der Waals surface area contributed by atoms with Gasteiger partial charge in [0.25, 0.3) is 0 Å². The maximum absolute atomic E-state index is 2.80. The molecule has 0 bridgehead atoms. The van der Waals surface area contributed by atoms with Crippen LogP contribution < -0.4 is 0 Å². The van der Waals surface area contributed by atoms with Crippen molar-refractivity contribution in [2.24, 2.45) is 17.8 Å². The first kappa shape index (κ1) is 19.9. The monoisotopic (exact) mass is 422 g/mol. The van der Waals surface area contributed by atoms with E-state index in [1.165, 1.54) is 6.42 Å². The quantitative estimate of drug-likeness (QED) is 0.424. The summed E-state index contributed by atoms with van der Waals surface area (Å²) in [6.07, 6.45) is 8.40. The van der Waals surface area contributed by atoms with Crippen LogP contribution in [-0.2, 0) is 0 Å². The molecule has 2 aliphatic heterocycles. The lowest BCUT2D eigenvalue weighted by Crippen LogP contribution is -2.44. The summed E-state index contributed by atoms with van der Waals surface area (Å²) in [5.41, 5.74) is 3.11. The zero-order chi connectivity index (χ0) is 19.0. The molecule has 8 atom stereocenters. The van der Waals surface area contributed by atoms with E-state index < -0.39 is 16.1 Å². The molecule has 4 heteroatoms. The molecule has 0 aromatic heterocycles. The van der Waals surface area contributed by atoms with Crippen LogP contribution in [0.4, 0.5) is 0 Å². The van der Waals surface area contributed by atoms with E-state index in [1.54, 1.807) is 16.2 Å². The third kappa shape index (κ3) is 3.09. The van der Waals surface area contributed by atoms with Crippen molar-refractivity contribution in [1.29, 1.82) is 0 Å². The van der Waals surface area contributed by atoms with Gasteiger partial charge in [-0.25, -0.2) is 0 Å². The van der Waals surface area contributed by atoms with Gasteiger partial charge in [0.05, 0.1) is 8.07 Å². The third-order valence-electron chi connectivity index (χ3n) is 8.31. The molecule has 2 aliphatic carbocycles. The van der Waals surface area contributed by atoms with E-state index in [1.807, 2.05) is 0 Å². The predicted molar refractivity (Wildman–Crippen MR) is 128 cm³/mol. The molecule has 2 fully saturated rings. The first-order valence-corrected chi connectivity index (χ1v) is 19.2. The van der Waals surface area contributed by atoms with Crippen molar-refractivity contribution in [1.82, 2.24) is 0 Å². The van der Waals surface area contributed by atoms with Crippen molar-refractivity contribution in [3.63, 3.8) is 0 Å². The Morgan fingerprint density at radius 2 is 1.35 bits per heavy atom. The molecule has 4 rings (SSSR count). The SMILES string of the molecule is CC1=CC2C(S1)C([Si](C)(C)C1C[C@@H](C)[C@@H]([Si](C)(C)C)C1)C1SC(C)=C[C@@H]21. The standard InChI is InChI=1S/C22H38S2Si2/c1-13-9-16(12-19(13)25(4,5)6)26(7,8)22-20-17(10-14(2)23-20)18-11-15(3)24-21(18)22/h10-11,13,16-22H,9,12H2,1-8H3/t13-,16?,17+,18?,19+,20?,21?,22?/m1/s1. The average molecular weight is 423 g/mol. The molecule has 0 aromatic carbocycles. The normalized spacial score (nSPS) is 45.5. The van der Waals surface area contributed by atoms with Crippen molar-refractivity contribution in [3.8, 4) is 0 Å². The molecule has 0 radical (unpaired) electrons. The van der Waals surface area contributed by atoms with Crippen LogP contribution in [0.2, 0.25) is 49.4 Å². The van der Waals surface area contributed by atoms with E-state index in [4.69, 9.17) is 0 Å². The van der Waals surface area contributed by atoms with Gasteiger partial charge in [-0.1, -0.05) is 64.7 Å². The summed E-state index contributed by atoms with van der Waals surface area (Å²) in [5.74, 6) is 2.63. The molecular formula is C22H38S2Si2. The lowest BCUT2D eigenvalue weighted by molar-refractivity contribution is 0.581. The lowest BCUT2D eigenvalue weighted by atomic mass is 9.95. The van der Waals surface area contributed by atoms with Crippen molar-refractivity contribution in [2.75, 3.05) is 0 Å². The molecule has 0 nitrogen and oxygen atoms in total. The fraction of sp³-hybridized carbons (Fsp3) is 0.818. The Morgan fingerprint density at radius 1 is 0.846 bits per heavy atom. The summed E-state index contributed by atoms with van der Waals surface area (Å²) in [5, 5.41) is 1.79. The summed E-state index contributed by atoms with van der Waals surface area (Å²) in [4.78, 5) is 3.21. The van der Waals surface area contributed by atoms with Gasteiger partial charge in [0.2, 0.25) is 0 Å². The van der Waals surface area contributed by atoms with Gasteiger partial charge < -0.3 is 0 Å². The summed E-state index contributed by atoms with van der Waals surface area (Å²) in [7, 11) is -2.35. The minimum atomic E-state index is -1.32. The zero-order valence-corrected chi connectivity index (χ0v) is 21.6. The van der Waals surface area contributed by atoms with E-state index in [2.05, 4.69) is 89.2 Å². The van der Waals surface area contributed by atoms with E-state index in [-0.39, 0.29) is 0 Å². The van der Waals surface area contributed by atoms with Gasteiger partial charge >= 0.3 is 0 Å². The maximum atomic E-state index is 2.80. The lowest BCUT2D eigenvalue weighted by Gasteiger charge is -2.42. The molecular weight excluding hydrogens is 385 g/mol. The van der Waals surface area contributed by atoms with Gasteiger partial charge in [0, 0.05) is 18.6 Å². The second-order valence-electron chi connectivity index (χ2n) is 11.3. The van der Waals surface area contributed by atoms with Crippen LogP contribution in [0.1, 0.15) is 33.6 Å². The van der Waals surface area contributed by atoms with E-state index in [0.29, 0.717) is 0 Å². The maximum Gasteiger partial charge on any atom is 0.0561 e. The molecule has 0 aromatic rings. The van der Waals surface area contributed by atoms with Crippen molar-refractivity contribution >= 4 is 39.7 Å². The average Bonchev–Trinajstić information content (AvgIpc) is 3.19. The first-order chi connectivity index (χ1) is 12.0. The van der Waals surface area contributed by atoms with Crippen LogP contribution in [0, 0.1) is 17.8 Å². The van der Waals surface area contributed by atoms with E-state index >= 15 is 0 Å². The Balaban J connectivity index is 1.62. The molecule has 0 saturated heterocycles. The Labute approximate surface area is 172 Å². The second-order valence-corrected chi connectivity index (χ2v) is 24.8. The molecule has 2 heterocycles. The number of rotatable bonds is 3. The summed E-state index contributed by atoms with van der Waals surface area (Å²) in [6, 6.07) is 0. The van der Waals surface area contributed by atoms with E-state index in [0.717, 1.165) is 44.9 Å². The van der Waals surface area contributed by atoms with Crippen LogP contribution in [0.3, 0.4) is 0 Å². The second kappa shape index (κ2) is 6.57. The van der Waals surface area contributed by atoms with Crippen LogP contribution in [0.25, 0.3) is 0 Å². The molecule has 146 valence electrons. The Kier molecular flexibility index (Phi) is 5.03.